The molecule has 20 heavy (non-hydrogen) atoms. The van der Waals surface area contributed by atoms with Gasteiger partial charge in [0.2, 0.25) is 5.91 Å². The second-order valence-electron chi connectivity index (χ2n) is 5.25. The zero-order valence-electron chi connectivity index (χ0n) is 12.2. The van der Waals surface area contributed by atoms with E-state index in [4.69, 9.17) is 5.73 Å². The molecule has 0 saturated heterocycles. The van der Waals surface area contributed by atoms with Crippen LogP contribution in [-0.2, 0) is 6.54 Å². The third-order valence-corrected chi connectivity index (χ3v) is 3.33. The van der Waals surface area contributed by atoms with Crippen molar-refractivity contribution in [3.8, 4) is 11.1 Å². The van der Waals surface area contributed by atoms with Gasteiger partial charge in [-0.3, -0.25) is 4.79 Å². The van der Waals surface area contributed by atoms with Gasteiger partial charge in [0.15, 0.2) is 0 Å². The van der Waals surface area contributed by atoms with Crippen molar-refractivity contribution in [1.82, 2.24) is 4.90 Å². The third-order valence-electron chi connectivity index (χ3n) is 3.33. The lowest BCUT2D eigenvalue weighted by Gasteiger charge is -2.19. The van der Waals surface area contributed by atoms with Gasteiger partial charge in [0, 0.05) is 12.1 Å². The molecule has 0 aliphatic carbocycles. The first-order valence-corrected chi connectivity index (χ1v) is 6.63. The van der Waals surface area contributed by atoms with E-state index in [1.807, 2.05) is 50.2 Å². The summed E-state index contributed by atoms with van der Waals surface area (Å²) in [4.78, 5) is 13.9. The molecule has 0 atom stereocenters. The molecule has 3 nitrogen and oxygen atoms in total. The van der Waals surface area contributed by atoms with E-state index < -0.39 is 0 Å². The lowest BCUT2D eigenvalue weighted by Crippen LogP contribution is -2.20. The standard InChI is InChI=1S/C17H20N2O/c1-12-9-10-14(13-7-5-4-6-8-13)15(11-19(2)3)16(12)17(18)20/h4-10H,11H2,1-3H3,(H2,18,20). The maximum Gasteiger partial charge on any atom is 0.249 e. The van der Waals surface area contributed by atoms with Crippen LogP contribution in [0.5, 0.6) is 0 Å². The average Bonchev–Trinajstić information content (AvgIpc) is 2.39. The summed E-state index contributed by atoms with van der Waals surface area (Å²) >= 11 is 0. The van der Waals surface area contributed by atoms with Crippen molar-refractivity contribution in [2.24, 2.45) is 5.73 Å². The molecule has 0 fully saturated rings. The van der Waals surface area contributed by atoms with E-state index in [1.165, 1.54) is 0 Å². The Labute approximate surface area is 120 Å². The highest BCUT2D eigenvalue weighted by Gasteiger charge is 2.17. The molecule has 0 radical (unpaired) electrons. The number of benzene rings is 2. The Morgan fingerprint density at radius 1 is 1.10 bits per heavy atom. The zero-order chi connectivity index (χ0) is 14.7. The van der Waals surface area contributed by atoms with E-state index in [0.29, 0.717) is 12.1 Å². The molecule has 0 unspecified atom stereocenters. The highest BCUT2D eigenvalue weighted by atomic mass is 16.1. The number of nitrogens with zero attached hydrogens (tertiary/aromatic N) is 1. The molecule has 0 aliphatic heterocycles. The van der Waals surface area contributed by atoms with Crippen molar-refractivity contribution in [3.63, 3.8) is 0 Å². The van der Waals surface area contributed by atoms with Crippen molar-refractivity contribution >= 4 is 5.91 Å². The average molecular weight is 268 g/mol. The Balaban J connectivity index is 2.68. The topological polar surface area (TPSA) is 46.3 Å². The van der Waals surface area contributed by atoms with E-state index in [9.17, 15) is 4.79 Å². The quantitative estimate of drug-likeness (QED) is 0.926. The van der Waals surface area contributed by atoms with Crippen LogP contribution in [0.3, 0.4) is 0 Å². The molecule has 0 bridgehead atoms. The summed E-state index contributed by atoms with van der Waals surface area (Å²) in [6.45, 7) is 2.61. The fourth-order valence-electron chi connectivity index (χ4n) is 2.48. The Bertz CT molecular complexity index is 618. The molecule has 0 aromatic heterocycles. The molecule has 0 saturated carbocycles. The summed E-state index contributed by atoms with van der Waals surface area (Å²) < 4.78 is 0. The molecule has 104 valence electrons. The predicted octanol–water partition coefficient (Wildman–Crippen LogP) is 2.82. The van der Waals surface area contributed by atoms with Crippen LogP contribution in [0.2, 0.25) is 0 Å². The molecular formula is C17H20N2O. The molecule has 0 heterocycles. The second kappa shape index (κ2) is 5.88. The second-order valence-corrected chi connectivity index (χ2v) is 5.25. The van der Waals surface area contributed by atoms with Crippen LogP contribution in [-0.4, -0.2) is 24.9 Å². The summed E-state index contributed by atoms with van der Waals surface area (Å²) in [6, 6.07) is 14.1. The Kier molecular flexibility index (Phi) is 4.20. The van der Waals surface area contributed by atoms with Gasteiger partial charge < -0.3 is 10.6 Å². The highest BCUT2D eigenvalue weighted by Crippen LogP contribution is 2.29. The molecule has 2 aromatic rings. The van der Waals surface area contributed by atoms with E-state index in [0.717, 1.165) is 22.3 Å². The molecular weight excluding hydrogens is 248 g/mol. The first kappa shape index (κ1) is 14.3. The van der Waals surface area contributed by atoms with Crippen molar-refractivity contribution in [3.05, 3.63) is 59.2 Å². The molecule has 0 spiro atoms. The van der Waals surface area contributed by atoms with Crippen molar-refractivity contribution in [2.45, 2.75) is 13.5 Å². The number of nitrogens with two attached hydrogens (primary N) is 1. The van der Waals surface area contributed by atoms with Crippen LogP contribution in [0, 0.1) is 6.92 Å². The van der Waals surface area contributed by atoms with Crippen molar-refractivity contribution in [1.29, 1.82) is 0 Å². The van der Waals surface area contributed by atoms with Crippen molar-refractivity contribution in [2.75, 3.05) is 14.1 Å². The summed E-state index contributed by atoms with van der Waals surface area (Å²) in [5, 5.41) is 0. The van der Waals surface area contributed by atoms with Gasteiger partial charge >= 0.3 is 0 Å². The van der Waals surface area contributed by atoms with Gasteiger partial charge in [-0.2, -0.15) is 0 Å². The molecule has 2 aromatic carbocycles. The number of hydrogen-bond donors (Lipinski definition) is 1. The summed E-state index contributed by atoms with van der Waals surface area (Å²) in [5.41, 5.74) is 10.3. The lowest BCUT2D eigenvalue weighted by atomic mass is 9.91. The van der Waals surface area contributed by atoms with E-state index in [-0.39, 0.29) is 5.91 Å². The molecule has 2 N–H and O–H groups in total. The number of carbonyl (C=O) groups excluding carboxylic acids is 1. The largest absolute Gasteiger partial charge is 0.366 e. The van der Waals surface area contributed by atoms with Crippen LogP contribution >= 0.6 is 0 Å². The SMILES string of the molecule is Cc1ccc(-c2ccccc2)c(CN(C)C)c1C(N)=O. The summed E-state index contributed by atoms with van der Waals surface area (Å²) in [5.74, 6) is -0.364. The zero-order valence-corrected chi connectivity index (χ0v) is 12.2. The first-order valence-electron chi connectivity index (χ1n) is 6.63. The van der Waals surface area contributed by atoms with Crippen LogP contribution in [0.25, 0.3) is 11.1 Å². The maximum atomic E-state index is 11.8. The Hall–Kier alpha value is -2.13. The Morgan fingerprint density at radius 3 is 2.30 bits per heavy atom. The third kappa shape index (κ3) is 2.89. The van der Waals surface area contributed by atoms with Crippen molar-refractivity contribution < 1.29 is 4.79 Å². The first-order chi connectivity index (χ1) is 9.50. The summed E-state index contributed by atoms with van der Waals surface area (Å²) in [7, 11) is 3.98. The minimum absolute atomic E-state index is 0.364. The number of carbonyl (C=O) groups is 1. The Morgan fingerprint density at radius 2 is 1.75 bits per heavy atom. The smallest absolute Gasteiger partial charge is 0.249 e. The monoisotopic (exact) mass is 268 g/mol. The number of rotatable bonds is 4. The van der Waals surface area contributed by atoms with Crippen LogP contribution in [0.15, 0.2) is 42.5 Å². The van der Waals surface area contributed by atoms with Gasteiger partial charge in [-0.15, -0.1) is 0 Å². The van der Waals surface area contributed by atoms with E-state index >= 15 is 0 Å². The van der Waals surface area contributed by atoms with Gasteiger partial charge in [-0.25, -0.2) is 0 Å². The van der Waals surface area contributed by atoms with Crippen LogP contribution in [0.4, 0.5) is 0 Å². The van der Waals surface area contributed by atoms with Gasteiger partial charge in [-0.05, 0) is 43.3 Å². The van der Waals surface area contributed by atoms with Gasteiger partial charge in [-0.1, -0.05) is 42.5 Å². The van der Waals surface area contributed by atoms with E-state index in [2.05, 4.69) is 18.2 Å². The molecule has 0 aliphatic rings. The fraction of sp³-hybridized carbons (Fsp3) is 0.235. The lowest BCUT2D eigenvalue weighted by molar-refractivity contribution is 0.0998. The number of primary amides is 1. The number of hydrogen-bond acceptors (Lipinski definition) is 2. The molecule has 3 heteroatoms. The highest BCUT2D eigenvalue weighted by molar-refractivity contribution is 5.98. The van der Waals surface area contributed by atoms with Gasteiger partial charge in [0.05, 0.1) is 0 Å². The number of aryl methyl sites for hydroxylation is 1. The van der Waals surface area contributed by atoms with Gasteiger partial charge in [0.25, 0.3) is 0 Å². The normalized spacial score (nSPS) is 10.8. The minimum atomic E-state index is -0.364. The molecule has 1 amide bonds. The summed E-state index contributed by atoms with van der Waals surface area (Å²) in [6.07, 6.45) is 0. The van der Waals surface area contributed by atoms with Gasteiger partial charge in [0.1, 0.15) is 0 Å². The van der Waals surface area contributed by atoms with Crippen LogP contribution in [0.1, 0.15) is 21.5 Å². The minimum Gasteiger partial charge on any atom is -0.366 e. The van der Waals surface area contributed by atoms with Crippen LogP contribution < -0.4 is 5.73 Å². The maximum absolute atomic E-state index is 11.8. The fourth-order valence-corrected chi connectivity index (χ4v) is 2.48. The number of amides is 1. The predicted molar refractivity (Wildman–Crippen MR) is 82.5 cm³/mol. The molecule has 2 rings (SSSR count). The van der Waals surface area contributed by atoms with E-state index in [1.54, 1.807) is 0 Å².